The fraction of sp³-hybridized carbons (Fsp3) is 0.364. The van der Waals surface area contributed by atoms with Crippen molar-refractivity contribution in [2.45, 2.75) is 0 Å². The van der Waals surface area contributed by atoms with Gasteiger partial charge in [0.2, 0.25) is 0 Å². The third-order valence-electron chi connectivity index (χ3n) is 2.80. The third-order valence-corrected chi connectivity index (χ3v) is 4.54. The smallest absolute Gasteiger partial charge is 0.301 e. The van der Waals surface area contributed by atoms with Crippen LogP contribution in [0.1, 0.15) is 5.56 Å². The summed E-state index contributed by atoms with van der Waals surface area (Å²) in [5.41, 5.74) is 5.78. The van der Waals surface area contributed by atoms with Crippen molar-refractivity contribution in [2.75, 3.05) is 31.0 Å². The molecule has 20 heavy (non-hydrogen) atoms. The highest BCUT2D eigenvalue weighted by molar-refractivity contribution is 7.90. The second-order valence-electron chi connectivity index (χ2n) is 4.17. The second-order valence-corrected chi connectivity index (χ2v) is 6.28. The van der Waals surface area contributed by atoms with Gasteiger partial charge in [-0.25, -0.2) is 4.39 Å². The molecular formula is C11H14FN3O3S2. The fourth-order valence-corrected chi connectivity index (χ4v) is 3.18. The first-order valence-corrected chi connectivity index (χ1v) is 7.70. The number of nitrogens with one attached hydrogen (secondary N) is 1. The Labute approximate surface area is 121 Å². The summed E-state index contributed by atoms with van der Waals surface area (Å²) in [6, 6.07) is 3.53. The van der Waals surface area contributed by atoms with E-state index in [1.54, 1.807) is 0 Å². The van der Waals surface area contributed by atoms with Gasteiger partial charge in [0, 0.05) is 18.7 Å². The van der Waals surface area contributed by atoms with E-state index in [2.05, 4.69) is 4.72 Å². The quantitative estimate of drug-likeness (QED) is 0.787. The molecule has 9 heteroatoms. The largest absolute Gasteiger partial charge is 0.389 e. The van der Waals surface area contributed by atoms with Crippen LogP contribution in [-0.2, 0) is 14.9 Å². The molecule has 0 amide bonds. The molecule has 0 saturated carbocycles. The third kappa shape index (κ3) is 3.42. The summed E-state index contributed by atoms with van der Waals surface area (Å²) in [7, 11) is -3.74. The zero-order valence-corrected chi connectivity index (χ0v) is 12.1. The molecule has 1 aromatic rings. The molecule has 6 nitrogen and oxygen atoms in total. The molecular weight excluding hydrogens is 305 g/mol. The van der Waals surface area contributed by atoms with Gasteiger partial charge in [-0.1, -0.05) is 12.2 Å². The van der Waals surface area contributed by atoms with E-state index in [1.165, 1.54) is 10.4 Å². The molecule has 0 radical (unpaired) electrons. The number of hydrogen-bond acceptors (Lipinski definition) is 4. The number of morpholine rings is 1. The predicted octanol–water partition coefficient (Wildman–Crippen LogP) is 0.449. The summed E-state index contributed by atoms with van der Waals surface area (Å²) in [5, 5.41) is 0. The van der Waals surface area contributed by atoms with Crippen LogP contribution >= 0.6 is 12.2 Å². The average molecular weight is 319 g/mol. The lowest BCUT2D eigenvalue weighted by Gasteiger charge is -2.26. The Balaban J connectivity index is 2.27. The van der Waals surface area contributed by atoms with Gasteiger partial charge in [0.15, 0.2) is 0 Å². The van der Waals surface area contributed by atoms with Crippen LogP contribution in [0.5, 0.6) is 0 Å². The van der Waals surface area contributed by atoms with Crippen LogP contribution in [0.2, 0.25) is 0 Å². The Morgan fingerprint density at radius 3 is 2.65 bits per heavy atom. The van der Waals surface area contributed by atoms with Gasteiger partial charge in [-0.3, -0.25) is 4.72 Å². The van der Waals surface area contributed by atoms with Crippen LogP contribution in [0, 0.1) is 5.82 Å². The Morgan fingerprint density at radius 1 is 1.40 bits per heavy atom. The highest BCUT2D eigenvalue weighted by Crippen LogP contribution is 2.20. The normalized spacial score (nSPS) is 16.9. The van der Waals surface area contributed by atoms with Crippen molar-refractivity contribution < 1.29 is 17.5 Å². The Kier molecular flexibility index (Phi) is 4.53. The standard InChI is InChI=1S/C11H14FN3O3S2/c12-8-1-2-10(9(7-8)11(13)19)14-20(16,17)15-3-5-18-6-4-15/h1-2,7,14H,3-6H2,(H2,13,19). The van der Waals surface area contributed by atoms with Gasteiger partial charge in [0.1, 0.15) is 10.8 Å². The van der Waals surface area contributed by atoms with Crippen LogP contribution < -0.4 is 10.5 Å². The summed E-state index contributed by atoms with van der Waals surface area (Å²) in [6.45, 7) is 1.21. The summed E-state index contributed by atoms with van der Waals surface area (Å²) in [6.07, 6.45) is 0. The lowest BCUT2D eigenvalue weighted by molar-refractivity contribution is 0.0733. The Bertz CT molecular complexity index is 615. The topological polar surface area (TPSA) is 84.7 Å². The molecule has 2 rings (SSSR count). The van der Waals surface area contributed by atoms with Gasteiger partial charge >= 0.3 is 10.2 Å². The molecule has 1 aliphatic heterocycles. The maximum atomic E-state index is 13.2. The van der Waals surface area contributed by atoms with Gasteiger partial charge in [-0.2, -0.15) is 12.7 Å². The molecule has 0 unspecified atom stereocenters. The highest BCUT2D eigenvalue weighted by atomic mass is 32.2. The number of anilines is 1. The number of nitrogens with two attached hydrogens (primary N) is 1. The molecule has 1 heterocycles. The van der Waals surface area contributed by atoms with Crippen LogP contribution in [0.25, 0.3) is 0 Å². The van der Waals surface area contributed by atoms with Crippen molar-refractivity contribution in [3.63, 3.8) is 0 Å². The minimum absolute atomic E-state index is 0.0795. The first kappa shape index (κ1) is 15.1. The molecule has 1 fully saturated rings. The summed E-state index contributed by atoms with van der Waals surface area (Å²) >= 11 is 4.80. The van der Waals surface area contributed by atoms with Crippen LogP contribution in [0.15, 0.2) is 18.2 Å². The minimum Gasteiger partial charge on any atom is -0.389 e. The summed E-state index contributed by atoms with van der Waals surface area (Å²) in [5.74, 6) is -0.540. The van der Waals surface area contributed by atoms with E-state index < -0.39 is 16.0 Å². The number of hydrogen-bond donors (Lipinski definition) is 2. The van der Waals surface area contributed by atoms with E-state index >= 15 is 0 Å². The van der Waals surface area contributed by atoms with Gasteiger partial charge in [0.25, 0.3) is 0 Å². The molecule has 0 bridgehead atoms. The van der Waals surface area contributed by atoms with Gasteiger partial charge in [-0.05, 0) is 18.2 Å². The first-order valence-electron chi connectivity index (χ1n) is 5.85. The zero-order valence-electron chi connectivity index (χ0n) is 10.5. The van der Waals surface area contributed by atoms with Crippen molar-refractivity contribution >= 4 is 33.1 Å². The molecule has 1 saturated heterocycles. The van der Waals surface area contributed by atoms with Crippen molar-refractivity contribution in [1.82, 2.24) is 4.31 Å². The molecule has 110 valence electrons. The maximum absolute atomic E-state index is 13.2. The highest BCUT2D eigenvalue weighted by Gasteiger charge is 2.25. The Hall–Kier alpha value is -1.29. The first-order chi connectivity index (χ1) is 9.40. The predicted molar refractivity (Wildman–Crippen MR) is 77.2 cm³/mol. The fourth-order valence-electron chi connectivity index (χ4n) is 1.80. The van der Waals surface area contributed by atoms with E-state index in [0.717, 1.165) is 12.1 Å². The van der Waals surface area contributed by atoms with Crippen molar-refractivity contribution in [3.05, 3.63) is 29.6 Å². The molecule has 1 aliphatic rings. The SMILES string of the molecule is NC(=S)c1cc(F)ccc1NS(=O)(=O)N1CCOCC1. The monoisotopic (exact) mass is 319 g/mol. The van der Waals surface area contributed by atoms with Gasteiger partial charge in [-0.15, -0.1) is 0 Å². The molecule has 0 spiro atoms. The maximum Gasteiger partial charge on any atom is 0.301 e. The van der Waals surface area contributed by atoms with E-state index in [9.17, 15) is 12.8 Å². The summed E-state index contributed by atoms with van der Waals surface area (Å²) < 4.78 is 46.3. The van der Waals surface area contributed by atoms with Crippen LogP contribution in [-0.4, -0.2) is 44.0 Å². The van der Waals surface area contributed by atoms with E-state index in [4.69, 9.17) is 22.7 Å². The van der Waals surface area contributed by atoms with Crippen LogP contribution in [0.3, 0.4) is 0 Å². The lowest BCUT2D eigenvalue weighted by Crippen LogP contribution is -2.43. The van der Waals surface area contributed by atoms with E-state index in [1.807, 2.05) is 0 Å². The molecule has 0 atom stereocenters. The molecule has 0 aromatic heterocycles. The molecule has 3 N–H and O–H groups in total. The number of ether oxygens (including phenoxy) is 1. The van der Waals surface area contributed by atoms with Crippen LogP contribution in [0.4, 0.5) is 10.1 Å². The second kappa shape index (κ2) is 6.00. The number of benzene rings is 1. The number of thiocarbonyl (C=S) groups is 1. The molecule has 0 aliphatic carbocycles. The van der Waals surface area contributed by atoms with E-state index in [0.29, 0.717) is 13.2 Å². The number of halogens is 1. The zero-order chi connectivity index (χ0) is 14.8. The number of nitrogens with zero attached hydrogens (tertiary/aromatic N) is 1. The minimum atomic E-state index is -3.74. The van der Waals surface area contributed by atoms with Crippen molar-refractivity contribution in [1.29, 1.82) is 0 Å². The van der Waals surface area contributed by atoms with Gasteiger partial charge in [0.05, 0.1) is 18.9 Å². The summed E-state index contributed by atoms with van der Waals surface area (Å²) in [4.78, 5) is -0.0795. The van der Waals surface area contributed by atoms with Gasteiger partial charge < -0.3 is 10.5 Å². The van der Waals surface area contributed by atoms with E-state index in [-0.39, 0.29) is 29.3 Å². The van der Waals surface area contributed by atoms with Crippen molar-refractivity contribution in [2.24, 2.45) is 5.73 Å². The van der Waals surface area contributed by atoms with Crippen molar-refractivity contribution in [3.8, 4) is 0 Å². The Morgan fingerprint density at radius 2 is 2.05 bits per heavy atom. The average Bonchev–Trinajstić information content (AvgIpc) is 2.41. The number of rotatable bonds is 4. The molecule has 1 aromatic carbocycles. The lowest BCUT2D eigenvalue weighted by atomic mass is 10.2.